The van der Waals surface area contributed by atoms with Crippen molar-refractivity contribution in [3.63, 3.8) is 0 Å². The highest BCUT2D eigenvalue weighted by atomic mass is 32.2. The van der Waals surface area contributed by atoms with Gasteiger partial charge in [-0.1, -0.05) is 31.0 Å². The number of thioether (sulfide) groups is 1. The minimum Gasteiger partial charge on any atom is -0.335 e. The lowest BCUT2D eigenvalue weighted by Crippen LogP contribution is -2.47. The summed E-state index contributed by atoms with van der Waals surface area (Å²) in [6.07, 6.45) is 5.46. The molecule has 0 aliphatic heterocycles. The number of nitrogens with zero attached hydrogens (tertiary/aromatic N) is 2. The third-order valence-electron chi connectivity index (χ3n) is 4.94. The minimum absolute atomic E-state index is 0.176. The van der Waals surface area contributed by atoms with E-state index in [1.807, 2.05) is 6.92 Å². The predicted molar refractivity (Wildman–Crippen MR) is 110 cm³/mol. The van der Waals surface area contributed by atoms with Crippen LogP contribution in [0.1, 0.15) is 55.3 Å². The highest BCUT2D eigenvalue weighted by molar-refractivity contribution is 8.00. The first-order chi connectivity index (χ1) is 12.8. The highest BCUT2D eigenvalue weighted by Crippen LogP contribution is 2.36. The van der Waals surface area contributed by atoms with Crippen LogP contribution in [-0.4, -0.2) is 33.2 Å². The highest BCUT2D eigenvalue weighted by Gasteiger charge is 2.23. The lowest BCUT2D eigenvalue weighted by molar-refractivity contribution is -0.119. The Balaban J connectivity index is 1.66. The number of aromatic nitrogens is 2. The Morgan fingerprint density at radius 2 is 1.85 bits per heavy atom. The number of hydrogen-bond donors (Lipinski definition) is 2. The number of urea groups is 1. The van der Waals surface area contributed by atoms with Gasteiger partial charge in [0.05, 0.1) is 5.25 Å². The third-order valence-corrected chi connectivity index (χ3v) is 7.13. The van der Waals surface area contributed by atoms with E-state index in [9.17, 15) is 9.59 Å². The van der Waals surface area contributed by atoms with Gasteiger partial charge in [-0.15, -0.1) is 11.3 Å². The van der Waals surface area contributed by atoms with Crippen molar-refractivity contribution in [3.05, 3.63) is 16.3 Å². The van der Waals surface area contributed by atoms with E-state index in [0.29, 0.717) is 5.82 Å². The van der Waals surface area contributed by atoms with E-state index in [2.05, 4.69) is 34.4 Å². The summed E-state index contributed by atoms with van der Waals surface area (Å²) in [6.45, 7) is 7.78. The van der Waals surface area contributed by atoms with Crippen molar-refractivity contribution in [1.29, 1.82) is 0 Å². The molecule has 8 heteroatoms. The number of nitrogens with one attached hydrogen (secondary N) is 2. The molecule has 3 rings (SSSR count). The Bertz CT molecular complexity index is 859. The molecule has 0 radical (unpaired) electrons. The molecule has 0 spiro atoms. The van der Waals surface area contributed by atoms with Crippen LogP contribution >= 0.6 is 23.1 Å². The molecule has 1 fully saturated rings. The Kier molecular flexibility index (Phi) is 6.37. The number of amides is 3. The van der Waals surface area contributed by atoms with Gasteiger partial charge >= 0.3 is 6.03 Å². The average molecular weight is 407 g/mol. The van der Waals surface area contributed by atoms with E-state index >= 15 is 0 Å². The van der Waals surface area contributed by atoms with Gasteiger partial charge in [0.15, 0.2) is 0 Å². The minimum atomic E-state index is -0.431. The van der Waals surface area contributed by atoms with Crippen LogP contribution < -0.4 is 10.6 Å². The zero-order chi connectivity index (χ0) is 19.6. The third kappa shape index (κ3) is 4.79. The van der Waals surface area contributed by atoms with Gasteiger partial charge in [-0.05, 0) is 46.1 Å². The molecular formula is C19H26N4O2S2. The Morgan fingerprint density at radius 3 is 2.56 bits per heavy atom. The lowest BCUT2D eigenvalue weighted by Gasteiger charge is -2.23. The first-order valence-electron chi connectivity index (χ1n) is 9.37. The maximum Gasteiger partial charge on any atom is 0.321 e. The molecule has 1 aliphatic rings. The van der Waals surface area contributed by atoms with Crippen LogP contribution in [0.4, 0.5) is 4.79 Å². The van der Waals surface area contributed by atoms with Crippen molar-refractivity contribution in [2.45, 2.75) is 76.1 Å². The maximum atomic E-state index is 12.5. The molecule has 27 heavy (non-hydrogen) atoms. The van der Waals surface area contributed by atoms with Crippen LogP contribution in [0, 0.1) is 20.8 Å². The first kappa shape index (κ1) is 20.1. The number of hydrogen-bond acceptors (Lipinski definition) is 6. The van der Waals surface area contributed by atoms with E-state index in [-0.39, 0.29) is 11.9 Å². The van der Waals surface area contributed by atoms with Crippen LogP contribution in [0.5, 0.6) is 0 Å². The summed E-state index contributed by atoms with van der Waals surface area (Å²) in [6, 6.07) is -0.221. The summed E-state index contributed by atoms with van der Waals surface area (Å²) >= 11 is 3.02. The SMILES string of the molecule is Cc1nc(S[C@@H](C)C(=O)NC(=O)NC2CCCCC2)c2c(C)c(C)sc2n1. The topological polar surface area (TPSA) is 84.0 Å². The summed E-state index contributed by atoms with van der Waals surface area (Å²) in [5, 5.41) is 6.78. The fourth-order valence-electron chi connectivity index (χ4n) is 3.30. The maximum absolute atomic E-state index is 12.5. The van der Waals surface area contributed by atoms with Gasteiger partial charge in [0.1, 0.15) is 15.7 Å². The molecule has 2 heterocycles. The summed E-state index contributed by atoms with van der Waals surface area (Å²) in [5.41, 5.74) is 1.15. The molecule has 2 aromatic rings. The molecule has 0 saturated heterocycles. The van der Waals surface area contributed by atoms with Crippen LogP contribution in [-0.2, 0) is 4.79 Å². The Labute approximate surface area is 167 Å². The van der Waals surface area contributed by atoms with Crippen molar-refractivity contribution >= 4 is 45.3 Å². The molecule has 1 saturated carbocycles. The molecule has 6 nitrogen and oxygen atoms in total. The summed E-state index contributed by atoms with van der Waals surface area (Å²) < 4.78 is 0. The normalized spacial score (nSPS) is 16.3. The van der Waals surface area contributed by atoms with Crippen LogP contribution in [0.3, 0.4) is 0 Å². The number of carbonyl (C=O) groups excluding carboxylic acids is 2. The Morgan fingerprint density at radius 1 is 1.15 bits per heavy atom. The molecule has 1 atom stereocenters. The molecule has 0 unspecified atom stereocenters. The van der Waals surface area contributed by atoms with Crippen LogP contribution in [0.15, 0.2) is 5.03 Å². The molecule has 3 amide bonds. The fraction of sp³-hybridized carbons (Fsp3) is 0.579. The quantitative estimate of drug-likeness (QED) is 0.586. The summed E-state index contributed by atoms with van der Waals surface area (Å²) in [4.78, 5) is 35.8. The van der Waals surface area contributed by atoms with Crippen molar-refractivity contribution < 1.29 is 9.59 Å². The number of imide groups is 1. The summed E-state index contributed by atoms with van der Waals surface area (Å²) in [5.74, 6) is 0.385. The predicted octanol–water partition coefficient (Wildman–Crippen LogP) is 4.26. The van der Waals surface area contributed by atoms with Crippen molar-refractivity contribution in [3.8, 4) is 0 Å². The fourth-order valence-corrected chi connectivity index (χ4v) is 5.50. The molecule has 1 aliphatic carbocycles. The van der Waals surface area contributed by atoms with Gasteiger partial charge in [-0.2, -0.15) is 0 Å². The molecule has 0 aromatic carbocycles. The smallest absolute Gasteiger partial charge is 0.321 e. The number of fused-ring (bicyclic) bond motifs is 1. The molecule has 0 bridgehead atoms. The Hall–Kier alpha value is -1.67. The molecule has 146 valence electrons. The number of aryl methyl sites for hydroxylation is 3. The van der Waals surface area contributed by atoms with Gasteiger partial charge < -0.3 is 5.32 Å². The largest absolute Gasteiger partial charge is 0.335 e. The summed E-state index contributed by atoms with van der Waals surface area (Å²) in [7, 11) is 0. The van der Waals surface area contributed by atoms with Crippen LogP contribution in [0.2, 0.25) is 0 Å². The van der Waals surface area contributed by atoms with Gasteiger partial charge in [-0.3, -0.25) is 10.1 Å². The van der Waals surface area contributed by atoms with Gasteiger partial charge in [-0.25, -0.2) is 14.8 Å². The van der Waals surface area contributed by atoms with Crippen molar-refractivity contribution in [1.82, 2.24) is 20.6 Å². The van der Waals surface area contributed by atoms with Crippen molar-refractivity contribution in [2.24, 2.45) is 0 Å². The van der Waals surface area contributed by atoms with E-state index in [1.165, 1.54) is 23.1 Å². The van der Waals surface area contributed by atoms with Crippen LogP contribution in [0.25, 0.3) is 10.2 Å². The van der Waals surface area contributed by atoms with Gasteiger partial charge in [0.2, 0.25) is 5.91 Å². The van der Waals surface area contributed by atoms with Gasteiger partial charge in [0.25, 0.3) is 0 Å². The van der Waals surface area contributed by atoms with Crippen molar-refractivity contribution in [2.75, 3.05) is 0 Å². The second kappa shape index (κ2) is 8.56. The second-order valence-corrected chi connectivity index (χ2v) is 9.63. The monoisotopic (exact) mass is 406 g/mol. The second-order valence-electron chi connectivity index (χ2n) is 7.10. The number of carbonyl (C=O) groups is 2. The van der Waals surface area contributed by atoms with E-state index in [1.54, 1.807) is 18.3 Å². The van der Waals surface area contributed by atoms with E-state index in [0.717, 1.165) is 46.5 Å². The molecular weight excluding hydrogens is 380 g/mol. The van der Waals surface area contributed by atoms with Gasteiger partial charge in [0, 0.05) is 16.3 Å². The molecule has 2 N–H and O–H groups in total. The zero-order valence-corrected chi connectivity index (χ0v) is 17.9. The number of thiophene rings is 1. The standard InChI is InChI=1S/C19H26N4O2S2/c1-10-11(2)26-17-15(10)18(21-13(4)20-17)27-12(3)16(24)23-19(25)22-14-8-6-5-7-9-14/h12,14H,5-9H2,1-4H3,(H2,22,23,24,25)/t12-/m0/s1. The lowest BCUT2D eigenvalue weighted by atomic mass is 9.96. The molecule has 2 aromatic heterocycles. The van der Waals surface area contributed by atoms with E-state index in [4.69, 9.17) is 0 Å². The first-order valence-corrected chi connectivity index (χ1v) is 11.1. The average Bonchev–Trinajstić information content (AvgIpc) is 2.89. The zero-order valence-electron chi connectivity index (χ0n) is 16.2. The van der Waals surface area contributed by atoms with E-state index < -0.39 is 11.3 Å². The number of rotatable bonds is 4.